The van der Waals surface area contributed by atoms with E-state index in [4.69, 9.17) is 20.3 Å². The van der Waals surface area contributed by atoms with Crippen molar-refractivity contribution in [2.45, 2.75) is 113 Å². The van der Waals surface area contributed by atoms with E-state index < -0.39 is 18.5 Å². The SMILES string of the molecule is CC(CCC(C)(C)C)CC(C)C(CC(C)(C)CC(C)C(C)(C)N)OC(=O)COCC(=O)O. The van der Waals surface area contributed by atoms with Gasteiger partial charge in [0.2, 0.25) is 0 Å². The van der Waals surface area contributed by atoms with E-state index in [1.54, 1.807) is 0 Å². The quantitative estimate of drug-likeness (QED) is 0.307. The maximum atomic E-state index is 12.4. The molecule has 0 spiro atoms. The minimum atomic E-state index is -1.10. The summed E-state index contributed by atoms with van der Waals surface area (Å²) in [4.78, 5) is 23.0. The Balaban J connectivity index is 5.23. The van der Waals surface area contributed by atoms with Gasteiger partial charge >= 0.3 is 11.9 Å². The summed E-state index contributed by atoms with van der Waals surface area (Å²) in [5.41, 5.74) is 6.28. The summed E-state index contributed by atoms with van der Waals surface area (Å²) in [5.74, 6) is -0.579. The van der Waals surface area contributed by atoms with Gasteiger partial charge in [0.25, 0.3) is 0 Å². The lowest BCUT2D eigenvalue weighted by atomic mass is 9.72. The lowest BCUT2D eigenvalue weighted by Gasteiger charge is -2.38. The maximum Gasteiger partial charge on any atom is 0.332 e. The number of aliphatic carboxylic acids is 1. The third kappa shape index (κ3) is 14.8. The molecule has 0 heterocycles. The molecule has 0 aliphatic rings. The average Bonchev–Trinajstić information content (AvgIpc) is 2.57. The van der Waals surface area contributed by atoms with Crippen molar-refractivity contribution in [3.05, 3.63) is 0 Å². The molecule has 0 aromatic heterocycles. The van der Waals surface area contributed by atoms with Crippen molar-refractivity contribution in [2.24, 2.45) is 34.3 Å². The highest BCUT2D eigenvalue weighted by Crippen LogP contribution is 2.38. The normalized spacial score (nSPS) is 16.8. The minimum Gasteiger partial charge on any atom is -0.480 e. The molecule has 4 atom stereocenters. The van der Waals surface area contributed by atoms with Crippen molar-refractivity contribution in [2.75, 3.05) is 13.2 Å². The van der Waals surface area contributed by atoms with Crippen LogP contribution in [0.1, 0.15) is 101 Å². The molecule has 0 aliphatic heterocycles. The average molecular weight is 458 g/mol. The molecule has 3 N–H and O–H groups in total. The topological polar surface area (TPSA) is 98.9 Å². The Morgan fingerprint density at radius 3 is 1.97 bits per heavy atom. The van der Waals surface area contributed by atoms with Crippen LogP contribution in [0.2, 0.25) is 0 Å². The molecule has 190 valence electrons. The van der Waals surface area contributed by atoms with Crippen molar-refractivity contribution in [3.8, 4) is 0 Å². The molecular formula is C26H51NO5. The fourth-order valence-electron chi connectivity index (χ4n) is 4.09. The number of carbonyl (C=O) groups excluding carboxylic acids is 1. The van der Waals surface area contributed by atoms with E-state index in [0.717, 1.165) is 32.1 Å². The molecule has 0 radical (unpaired) electrons. The van der Waals surface area contributed by atoms with Crippen molar-refractivity contribution < 1.29 is 24.2 Å². The summed E-state index contributed by atoms with van der Waals surface area (Å²) < 4.78 is 10.8. The molecule has 0 saturated carbocycles. The highest BCUT2D eigenvalue weighted by atomic mass is 16.6. The van der Waals surface area contributed by atoms with Crippen LogP contribution in [0.25, 0.3) is 0 Å². The minimum absolute atomic E-state index is 0.0637. The molecule has 6 nitrogen and oxygen atoms in total. The van der Waals surface area contributed by atoms with E-state index in [1.165, 1.54) is 0 Å². The predicted octanol–water partition coefficient (Wildman–Crippen LogP) is 5.67. The second-order valence-electron chi connectivity index (χ2n) is 12.6. The highest BCUT2D eigenvalue weighted by Gasteiger charge is 2.34. The van der Waals surface area contributed by atoms with Gasteiger partial charge in [-0.3, -0.25) is 0 Å². The van der Waals surface area contributed by atoms with Crippen molar-refractivity contribution >= 4 is 11.9 Å². The predicted molar refractivity (Wildman–Crippen MR) is 130 cm³/mol. The zero-order valence-electron chi connectivity index (χ0n) is 22.4. The molecule has 0 saturated heterocycles. The van der Waals surface area contributed by atoms with E-state index in [0.29, 0.717) is 17.3 Å². The van der Waals surface area contributed by atoms with E-state index in [2.05, 4.69) is 55.4 Å². The van der Waals surface area contributed by atoms with E-state index in [1.807, 2.05) is 13.8 Å². The van der Waals surface area contributed by atoms with Crippen LogP contribution in [0.15, 0.2) is 0 Å². The van der Waals surface area contributed by atoms with E-state index in [-0.39, 0.29) is 29.6 Å². The lowest BCUT2D eigenvalue weighted by Crippen LogP contribution is -2.42. The van der Waals surface area contributed by atoms with Crippen molar-refractivity contribution in [1.82, 2.24) is 0 Å². The molecule has 0 rings (SSSR count). The van der Waals surface area contributed by atoms with Gasteiger partial charge < -0.3 is 20.3 Å². The van der Waals surface area contributed by atoms with Crippen LogP contribution in [0.3, 0.4) is 0 Å². The Kier molecular flexibility index (Phi) is 12.5. The summed E-state index contributed by atoms with van der Waals surface area (Å²) in [6.07, 6.45) is 4.66. The fourth-order valence-corrected chi connectivity index (χ4v) is 4.09. The van der Waals surface area contributed by atoms with Crippen LogP contribution in [-0.2, 0) is 19.1 Å². The summed E-state index contributed by atoms with van der Waals surface area (Å²) in [5, 5.41) is 8.72. The molecule has 0 aromatic carbocycles. The largest absolute Gasteiger partial charge is 0.480 e. The number of rotatable bonds is 15. The molecule has 4 unspecified atom stereocenters. The monoisotopic (exact) mass is 457 g/mol. The number of nitrogens with two attached hydrogens (primary N) is 1. The van der Waals surface area contributed by atoms with Crippen LogP contribution in [0.5, 0.6) is 0 Å². The number of hydrogen-bond donors (Lipinski definition) is 2. The molecular weight excluding hydrogens is 406 g/mol. The van der Waals surface area contributed by atoms with Crippen LogP contribution in [0, 0.1) is 28.6 Å². The van der Waals surface area contributed by atoms with Gasteiger partial charge in [-0.15, -0.1) is 0 Å². The van der Waals surface area contributed by atoms with Crippen molar-refractivity contribution in [1.29, 1.82) is 0 Å². The Bertz CT molecular complexity index is 574. The van der Waals surface area contributed by atoms with Gasteiger partial charge in [-0.2, -0.15) is 0 Å². The van der Waals surface area contributed by atoms with Gasteiger partial charge in [-0.05, 0) is 68.1 Å². The van der Waals surface area contributed by atoms with Crippen LogP contribution in [-0.4, -0.2) is 41.9 Å². The highest BCUT2D eigenvalue weighted by molar-refractivity contribution is 5.72. The van der Waals surface area contributed by atoms with Gasteiger partial charge in [0.15, 0.2) is 0 Å². The maximum absolute atomic E-state index is 12.4. The molecule has 0 aliphatic carbocycles. The summed E-state index contributed by atoms with van der Waals surface area (Å²) in [6, 6.07) is 0. The van der Waals surface area contributed by atoms with Gasteiger partial charge in [0.05, 0.1) is 0 Å². The molecule has 0 bridgehead atoms. The first-order chi connectivity index (χ1) is 14.3. The lowest BCUT2D eigenvalue weighted by molar-refractivity contribution is -0.161. The first kappa shape index (κ1) is 30.9. The summed E-state index contributed by atoms with van der Waals surface area (Å²) >= 11 is 0. The van der Waals surface area contributed by atoms with Gasteiger partial charge in [0.1, 0.15) is 19.3 Å². The second kappa shape index (κ2) is 12.9. The molecule has 0 aromatic rings. The number of carboxylic acid groups (broad SMARTS) is 1. The van der Waals surface area contributed by atoms with E-state index >= 15 is 0 Å². The molecule has 6 heteroatoms. The van der Waals surface area contributed by atoms with Gasteiger partial charge in [0, 0.05) is 5.54 Å². The van der Waals surface area contributed by atoms with Gasteiger partial charge in [-0.1, -0.05) is 61.8 Å². The van der Waals surface area contributed by atoms with Crippen LogP contribution < -0.4 is 5.73 Å². The zero-order valence-corrected chi connectivity index (χ0v) is 22.4. The first-order valence-electron chi connectivity index (χ1n) is 12.1. The van der Waals surface area contributed by atoms with Gasteiger partial charge in [-0.25, -0.2) is 9.59 Å². The molecule has 32 heavy (non-hydrogen) atoms. The van der Waals surface area contributed by atoms with E-state index in [9.17, 15) is 9.59 Å². The van der Waals surface area contributed by atoms with Crippen LogP contribution in [0.4, 0.5) is 0 Å². The number of esters is 1. The Labute approximate surface area is 197 Å². The first-order valence-corrected chi connectivity index (χ1v) is 12.1. The number of carboxylic acids is 1. The molecule has 0 fully saturated rings. The fraction of sp³-hybridized carbons (Fsp3) is 0.923. The molecule has 0 amide bonds. The third-order valence-corrected chi connectivity index (χ3v) is 6.41. The smallest absolute Gasteiger partial charge is 0.332 e. The van der Waals surface area contributed by atoms with Crippen molar-refractivity contribution in [3.63, 3.8) is 0 Å². The summed E-state index contributed by atoms with van der Waals surface area (Å²) in [6.45, 7) is 21.0. The Morgan fingerprint density at radius 2 is 1.50 bits per heavy atom. The van der Waals surface area contributed by atoms with Crippen LogP contribution >= 0.6 is 0 Å². The summed E-state index contributed by atoms with van der Waals surface area (Å²) in [7, 11) is 0. The number of carbonyl (C=O) groups is 2. The Morgan fingerprint density at radius 1 is 0.938 bits per heavy atom. The third-order valence-electron chi connectivity index (χ3n) is 6.41. The second-order valence-corrected chi connectivity index (χ2v) is 12.6. The standard InChI is InChI=1S/C26H51NO5/c1-18(11-12-24(4,5)6)13-19(2)21(32-23(30)17-31-16-22(28)29)15-25(7,8)14-20(3)26(9,10)27/h18-21H,11-17,27H2,1-10H3,(H,28,29). The zero-order chi connectivity index (χ0) is 25.3. The number of hydrogen-bond acceptors (Lipinski definition) is 5. The number of ether oxygens (including phenoxy) is 2. The Hall–Kier alpha value is -1.14.